The van der Waals surface area contributed by atoms with Gasteiger partial charge in [-0.1, -0.05) is 26.0 Å². The quantitative estimate of drug-likeness (QED) is 0.793. The minimum atomic E-state index is -3.49. The van der Waals surface area contributed by atoms with E-state index < -0.39 is 10.0 Å². The molecule has 3 rings (SSSR count). The number of hydrogen-bond acceptors (Lipinski definition) is 4. The van der Waals surface area contributed by atoms with Gasteiger partial charge >= 0.3 is 0 Å². The van der Waals surface area contributed by atoms with Crippen LogP contribution in [0, 0.1) is 0 Å². The molecule has 1 unspecified atom stereocenters. The molecule has 1 aromatic carbocycles. The summed E-state index contributed by atoms with van der Waals surface area (Å²) >= 11 is 1.66. The second-order valence-corrected chi connectivity index (χ2v) is 9.44. The highest BCUT2D eigenvalue weighted by atomic mass is 32.2. The van der Waals surface area contributed by atoms with Crippen LogP contribution in [0.4, 0.5) is 0 Å². The highest BCUT2D eigenvalue weighted by Gasteiger charge is 2.26. The third-order valence-corrected chi connectivity index (χ3v) is 6.97. The van der Waals surface area contributed by atoms with E-state index in [1.165, 1.54) is 18.4 Å². The lowest BCUT2D eigenvalue weighted by Crippen LogP contribution is -2.36. The Morgan fingerprint density at radius 3 is 2.32 bits per heavy atom. The number of likely N-dealkylation sites (tertiary alicyclic amines) is 1. The van der Waals surface area contributed by atoms with E-state index in [1.807, 2.05) is 12.1 Å². The molecule has 0 radical (unpaired) electrons. The maximum absolute atomic E-state index is 12.7. The van der Waals surface area contributed by atoms with E-state index in [0.29, 0.717) is 17.4 Å². The number of thiophene rings is 1. The summed E-state index contributed by atoms with van der Waals surface area (Å²) in [4.78, 5) is 2.72. The first-order chi connectivity index (χ1) is 12.0. The zero-order chi connectivity index (χ0) is 17.9. The van der Waals surface area contributed by atoms with E-state index in [-0.39, 0.29) is 6.04 Å². The second kappa shape index (κ2) is 7.99. The number of nitrogens with one attached hydrogen (secondary N) is 1. The SMILES string of the molecule is CC(C)c1ccc(S(=O)(=O)NCC(c2ccsc2)N2CCCC2)cc1. The molecular weight excluding hydrogens is 352 g/mol. The van der Waals surface area contributed by atoms with E-state index in [1.54, 1.807) is 23.5 Å². The van der Waals surface area contributed by atoms with E-state index >= 15 is 0 Å². The standard InChI is InChI=1S/C19H26N2O2S2/c1-15(2)16-5-7-18(8-6-16)25(22,23)20-13-19(17-9-12-24-14-17)21-10-3-4-11-21/h5-9,12,14-15,19-20H,3-4,10-11,13H2,1-2H3. The normalized spacial score (nSPS) is 17.2. The summed E-state index contributed by atoms with van der Waals surface area (Å²) in [5.74, 6) is 0.392. The Morgan fingerprint density at radius 2 is 1.76 bits per heavy atom. The molecule has 6 heteroatoms. The van der Waals surface area contributed by atoms with Crippen molar-refractivity contribution in [2.24, 2.45) is 0 Å². The van der Waals surface area contributed by atoms with Gasteiger partial charge in [0.2, 0.25) is 10.0 Å². The first-order valence-electron chi connectivity index (χ1n) is 8.83. The lowest BCUT2D eigenvalue weighted by Gasteiger charge is -2.27. The Labute approximate surface area is 154 Å². The van der Waals surface area contributed by atoms with Crippen LogP contribution in [-0.2, 0) is 10.0 Å². The molecule has 0 bridgehead atoms. The fourth-order valence-corrected chi connectivity index (χ4v) is 5.02. The van der Waals surface area contributed by atoms with Gasteiger partial charge in [-0.2, -0.15) is 11.3 Å². The average Bonchev–Trinajstić information content (AvgIpc) is 3.29. The van der Waals surface area contributed by atoms with Crippen LogP contribution in [0.15, 0.2) is 46.0 Å². The molecule has 0 spiro atoms. The summed E-state index contributed by atoms with van der Waals surface area (Å²) in [6.07, 6.45) is 2.37. The fourth-order valence-electron chi connectivity index (χ4n) is 3.28. The predicted octanol–water partition coefficient (Wildman–Crippen LogP) is 3.99. The summed E-state index contributed by atoms with van der Waals surface area (Å²) < 4.78 is 28.2. The molecule has 0 aliphatic carbocycles. The topological polar surface area (TPSA) is 49.4 Å². The minimum absolute atomic E-state index is 0.110. The van der Waals surface area contributed by atoms with Crippen LogP contribution in [0.25, 0.3) is 0 Å². The van der Waals surface area contributed by atoms with Crippen molar-refractivity contribution in [3.05, 3.63) is 52.2 Å². The van der Waals surface area contributed by atoms with Crippen LogP contribution in [0.3, 0.4) is 0 Å². The van der Waals surface area contributed by atoms with Gasteiger partial charge in [0.15, 0.2) is 0 Å². The molecule has 2 heterocycles. The molecule has 0 amide bonds. The molecule has 1 aromatic heterocycles. The first-order valence-corrected chi connectivity index (χ1v) is 11.3. The zero-order valence-corrected chi connectivity index (χ0v) is 16.4. The van der Waals surface area contributed by atoms with E-state index in [2.05, 4.69) is 40.3 Å². The summed E-state index contributed by atoms with van der Waals surface area (Å²) in [6, 6.07) is 9.41. The Hall–Kier alpha value is -1.21. The lowest BCUT2D eigenvalue weighted by molar-refractivity contribution is 0.247. The highest BCUT2D eigenvalue weighted by Crippen LogP contribution is 2.27. The van der Waals surface area contributed by atoms with Crippen molar-refractivity contribution in [2.75, 3.05) is 19.6 Å². The Kier molecular flexibility index (Phi) is 5.94. The van der Waals surface area contributed by atoms with Gasteiger partial charge < -0.3 is 0 Å². The van der Waals surface area contributed by atoms with Gasteiger partial charge in [0.05, 0.1) is 4.90 Å². The number of nitrogens with zero attached hydrogens (tertiary/aromatic N) is 1. The van der Waals surface area contributed by atoms with Crippen LogP contribution >= 0.6 is 11.3 Å². The van der Waals surface area contributed by atoms with Crippen molar-refractivity contribution < 1.29 is 8.42 Å². The largest absolute Gasteiger partial charge is 0.295 e. The molecule has 1 aliphatic rings. The zero-order valence-electron chi connectivity index (χ0n) is 14.8. The maximum atomic E-state index is 12.7. The van der Waals surface area contributed by atoms with E-state index in [9.17, 15) is 8.42 Å². The maximum Gasteiger partial charge on any atom is 0.240 e. The smallest absolute Gasteiger partial charge is 0.240 e. The molecule has 136 valence electrons. The molecule has 1 atom stereocenters. The number of benzene rings is 1. The van der Waals surface area contributed by atoms with Crippen LogP contribution in [0.2, 0.25) is 0 Å². The first kappa shape index (κ1) is 18.6. The van der Waals surface area contributed by atoms with Crippen LogP contribution < -0.4 is 4.72 Å². The summed E-state index contributed by atoms with van der Waals surface area (Å²) in [6.45, 7) is 6.67. The minimum Gasteiger partial charge on any atom is -0.295 e. The van der Waals surface area contributed by atoms with Crippen molar-refractivity contribution in [3.8, 4) is 0 Å². The molecule has 25 heavy (non-hydrogen) atoms. The van der Waals surface area contributed by atoms with Crippen LogP contribution in [0.5, 0.6) is 0 Å². The lowest BCUT2D eigenvalue weighted by atomic mass is 10.0. The third-order valence-electron chi connectivity index (χ3n) is 4.83. The van der Waals surface area contributed by atoms with E-state index in [4.69, 9.17) is 0 Å². The van der Waals surface area contributed by atoms with Gasteiger partial charge in [0.25, 0.3) is 0 Å². The van der Waals surface area contributed by atoms with Crippen LogP contribution in [0.1, 0.15) is 49.8 Å². The summed E-state index contributed by atoms with van der Waals surface area (Å²) in [5, 5.41) is 4.17. The van der Waals surface area contributed by atoms with Crippen molar-refractivity contribution >= 4 is 21.4 Å². The highest BCUT2D eigenvalue weighted by molar-refractivity contribution is 7.89. The fraction of sp³-hybridized carbons (Fsp3) is 0.474. The molecule has 1 N–H and O–H groups in total. The van der Waals surface area contributed by atoms with Gasteiger partial charge in [-0.15, -0.1) is 0 Å². The van der Waals surface area contributed by atoms with E-state index in [0.717, 1.165) is 18.7 Å². The molecule has 4 nitrogen and oxygen atoms in total. The number of rotatable bonds is 7. The third kappa shape index (κ3) is 4.50. The molecule has 1 fully saturated rings. The van der Waals surface area contributed by atoms with Gasteiger partial charge in [-0.3, -0.25) is 4.90 Å². The summed E-state index contributed by atoms with van der Waals surface area (Å²) in [7, 11) is -3.49. The van der Waals surface area contributed by atoms with Crippen LogP contribution in [-0.4, -0.2) is 33.0 Å². The monoisotopic (exact) mass is 378 g/mol. The van der Waals surface area contributed by atoms with Gasteiger partial charge in [0.1, 0.15) is 0 Å². The molecule has 0 saturated carbocycles. The summed E-state index contributed by atoms with van der Waals surface area (Å²) in [5.41, 5.74) is 2.34. The Balaban J connectivity index is 1.72. The second-order valence-electron chi connectivity index (χ2n) is 6.89. The van der Waals surface area contributed by atoms with Gasteiger partial charge in [-0.25, -0.2) is 13.1 Å². The molecule has 1 aliphatic heterocycles. The van der Waals surface area contributed by atoms with Crippen molar-refractivity contribution in [2.45, 2.75) is 43.5 Å². The van der Waals surface area contributed by atoms with Crippen molar-refractivity contribution in [3.63, 3.8) is 0 Å². The Morgan fingerprint density at radius 1 is 1.08 bits per heavy atom. The van der Waals surface area contributed by atoms with Gasteiger partial charge in [0, 0.05) is 12.6 Å². The number of sulfonamides is 1. The van der Waals surface area contributed by atoms with Crippen molar-refractivity contribution in [1.82, 2.24) is 9.62 Å². The molecule has 1 saturated heterocycles. The predicted molar refractivity (Wildman–Crippen MR) is 104 cm³/mol. The number of hydrogen-bond donors (Lipinski definition) is 1. The Bertz CT molecular complexity index is 762. The molecular formula is C19H26N2O2S2. The molecule has 2 aromatic rings. The van der Waals surface area contributed by atoms with Gasteiger partial charge in [-0.05, 0) is 71.9 Å². The average molecular weight is 379 g/mol. The van der Waals surface area contributed by atoms with Crippen molar-refractivity contribution in [1.29, 1.82) is 0 Å².